The largest absolute Gasteiger partial charge is 0.417 e. The van der Waals surface area contributed by atoms with E-state index in [0.717, 1.165) is 11.6 Å². The van der Waals surface area contributed by atoms with Gasteiger partial charge in [0.1, 0.15) is 11.3 Å². The molecule has 0 aliphatic heterocycles. The predicted molar refractivity (Wildman–Crippen MR) is 118 cm³/mol. The van der Waals surface area contributed by atoms with Gasteiger partial charge in [0.05, 0.1) is 16.3 Å². The van der Waals surface area contributed by atoms with Crippen LogP contribution in [0.5, 0.6) is 0 Å². The third-order valence-electron chi connectivity index (χ3n) is 5.16. The Bertz CT molecular complexity index is 1280. The summed E-state index contributed by atoms with van der Waals surface area (Å²) < 4.78 is 41.5. The molecule has 2 aromatic carbocycles. The van der Waals surface area contributed by atoms with Gasteiger partial charge in [-0.05, 0) is 41.3 Å². The number of aryl methyl sites for hydroxylation is 1. The van der Waals surface area contributed by atoms with Crippen molar-refractivity contribution < 1.29 is 18.0 Å². The van der Waals surface area contributed by atoms with Crippen molar-refractivity contribution in [3.05, 3.63) is 94.4 Å². The number of carbonyl (C=O) groups excluding carboxylic acids is 1. The SMILES string of the molecule is CCc1nc2ccc(Cl)cn2c1C(=O)NCc1ccc(-c2ccccc2C(F)(F)F)cc1. The number of rotatable bonds is 5. The number of amides is 1. The molecule has 0 saturated carbocycles. The average molecular weight is 458 g/mol. The molecule has 32 heavy (non-hydrogen) atoms. The topological polar surface area (TPSA) is 46.4 Å². The lowest BCUT2D eigenvalue weighted by atomic mass is 9.98. The number of alkyl halides is 3. The summed E-state index contributed by atoms with van der Waals surface area (Å²) in [5.74, 6) is -0.303. The summed E-state index contributed by atoms with van der Waals surface area (Å²) in [4.78, 5) is 17.4. The van der Waals surface area contributed by atoms with Gasteiger partial charge >= 0.3 is 6.18 Å². The van der Waals surface area contributed by atoms with Gasteiger partial charge in [0.25, 0.3) is 5.91 Å². The fourth-order valence-corrected chi connectivity index (χ4v) is 3.77. The summed E-state index contributed by atoms with van der Waals surface area (Å²) in [5.41, 5.74) is 2.35. The van der Waals surface area contributed by atoms with E-state index in [2.05, 4.69) is 10.3 Å². The molecule has 8 heteroatoms. The summed E-state index contributed by atoms with van der Waals surface area (Å²) in [6.07, 6.45) is -2.21. The molecule has 1 N–H and O–H groups in total. The van der Waals surface area contributed by atoms with Gasteiger partial charge in [-0.3, -0.25) is 9.20 Å². The number of imidazole rings is 1. The quantitative estimate of drug-likeness (QED) is 0.390. The molecular formula is C24H19ClF3N3O. The Labute approximate surface area is 187 Å². The van der Waals surface area contributed by atoms with Crippen LogP contribution in [0.4, 0.5) is 13.2 Å². The minimum Gasteiger partial charge on any atom is -0.347 e. The van der Waals surface area contributed by atoms with Gasteiger partial charge < -0.3 is 5.32 Å². The minimum absolute atomic E-state index is 0.116. The zero-order valence-corrected chi connectivity index (χ0v) is 17.8. The maximum Gasteiger partial charge on any atom is 0.417 e. The van der Waals surface area contributed by atoms with E-state index in [9.17, 15) is 18.0 Å². The molecule has 4 aromatic rings. The lowest BCUT2D eigenvalue weighted by Crippen LogP contribution is -2.25. The average Bonchev–Trinajstić information content (AvgIpc) is 3.15. The molecule has 0 bridgehead atoms. The molecule has 0 aliphatic carbocycles. The van der Waals surface area contributed by atoms with E-state index in [1.54, 1.807) is 53.1 Å². The Kier molecular flexibility index (Phi) is 5.93. The Hall–Kier alpha value is -3.32. The standard InChI is InChI=1S/C24H19ClF3N3O/c1-2-20-22(31-14-17(25)11-12-21(31)30-20)23(32)29-13-15-7-9-16(10-8-15)18-5-3-4-6-19(18)24(26,27)28/h3-12,14H,2,13H2,1H3,(H,29,32). The van der Waals surface area contributed by atoms with Crippen molar-refractivity contribution >= 4 is 23.2 Å². The highest BCUT2D eigenvalue weighted by Crippen LogP contribution is 2.36. The molecule has 0 unspecified atom stereocenters. The highest BCUT2D eigenvalue weighted by molar-refractivity contribution is 6.30. The van der Waals surface area contributed by atoms with Gasteiger partial charge in [-0.25, -0.2) is 4.98 Å². The molecule has 2 aromatic heterocycles. The summed E-state index contributed by atoms with van der Waals surface area (Å²) >= 11 is 6.07. The van der Waals surface area contributed by atoms with Crippen molar-refractivity contribution in [2.45, 2.75) is 26.1 Å². The minimum atomic E-state index is -4.43. The molecule has 2 heterocycles. The van der Waals surface area contributed by atoms with E-state index >= 15 is 0 Å². The van der Waals surface area contributed by atoms with E-state index in [1.165, 1.54) is 12.1 Å². The highest BCUT2D eigenvalue weighted by atomic mass is 35.5. The molecule has 164 valence electrons. The van der Waals surface area contributed by atoms with Crippen molar-refractivity contribution in [2.75, 3.05) is 0 Å². The summed E-state index contributed by atoms with van der Waals surface area (Å²) in [6.45, 7) is 2.13. The zero-order valence-electron chi connectivity index (χ0n) is 17.1. The Morgan fingerprint density at radius 2 is 1.78 bits per heavy atom. The first-order valence-corrected chi connectivity index (χ1v) is 10.4. The maximum atomic E-state index is 13.3. The second-order valence-electron chi connectivity index (χ2n) is 7.26. The van der Waals surface area contributed by atoms with Crippen molar-refractivity contribution in [2.24, 2.45) is 0 Å². The van der Waals surface area contributed by atoms with Crippen LogP contribution in [0.1, 0.15) is 34.2 Å². The fraction of sp³-hybridized carbons (Fsp3) is 0.167. The van der Waals surface area contributed by atoms with Gasteiger partial charge in [0.15, 0.2) is 0 Å². The first-order chi connectivity index (χ1) is 15.3. The van der Waals surface area contributed by atoms with Crippen LogP contribution in [0.3, 0.4) is 0 Å². The normalized spacial score (nSPS) is 11.7. The molecule has 0 aliphatic rings. The molecule has 1 amide bonds. The second-order valence-corrected chi connectivity index (χ2v) is 7.70. The maximum absolute atomic E-state index is 13.3. The number of carbonyl (C=O) groups is 1. The van der Waals surface area contributed by atoms with Crippen LogP contribution >= 0.6 is 11.6 Å². The Balaban J connectivity index is 1.53. The van der Waals surface area contributed by atoms with Crippen molar-refractivity contribution in [1.29, 1.82) is 0 Å². The van der Waals surface area contributed by atoms with Gasteiger partial charge in [0.2, 0.25) is 0 Å². The number of fused-ring (bicyclic) bond motifs is 1. The molecule has 0 radical (unpaired) electrons. The number of nitrogens with zero attached hydrogens (tertiary/aromatic N) is 2. The summed E-state index contributed by atoms with van der Waals surface area (Å²) in [6, 6.07) is 15.6. The third-order valence-corrected chi connectivity index (χ3v) is 5.38. The number of halogens is 4. The number of nitrogens with one attached hydrogen (secondary N) is 1. The van der Waals surface area contributed by atoms with Crippen LogP contribution in [-0.4, -0.2) is 15.3 Å². The fourth-order valence-electron chi connectivity index (χ4n) is 3.60. The number of benzene rings is 2. The van der Waals surface area contributed by atoms with Gasteiger partial charge in [-0.2, -0.15) is 13.2 Å². The zero-order chi connectivity index (χ0) is 22.9. The van der Waals surface area contributed by atoms with Crippen LogP contribution in [0, 0.1) is 0 Å². The number of aromatic nitrogens is 2. The molecule has 0 spiro atoms. The van der Waals surface area contributed by atoms with Crippen LogP contribution in [-0.2, 0) is 19.1 Å². The first-order valence-electron chi connectivity index (χ1n) is 9.98. The monoisotopic (exact) mass is 457 g/mol. The number of hydrogen-bond acceptors (Lipinski definition) is 2. The molecule has 0 fully saturated rings. The molecule has 4 rings (SSSR count). The van der Waals surface area contributed by atoms with E-state index in [4.69, 9.17) is 11.6 Å². The van der Waals surface area contributed by atoms with Crippen molar-refractivity contribution in [3.8, 4) is 11.1 Å². The van der Waals surface area contributed by atoms with Crippen molar-refractivity contribution in [3.63, 3.8) is 0 Å². The summed E-state index contributed by atoms with van der Waals surface area (Å²) in [5, 5.41) is 3.35. The molecule has 0 saturated heterocycles. The van der Waals surface area contributed by atoms with Gasteiger partial charge in [0, 0.05) is 12.7 Å². The van der Waals surface area contributed by atoms with E-state index in [1.807, 2.05) is 6.92 Å². The van der Waals surface area contributed by atoms with Crippen LogP contribution in [0.15, 0.2) is 66.9 Å². The van der Waals surface area contributed by atoms with Crippen molar-refractivity contribution in [1.82, 2.24) is 14.7 Å². The Morgan fingerprint density at radius 3 is 2.47 bits per heavy atom. The van der Waals surface area contributed by atoms with E-state index < -0.39 is 11.7 Å². The van der Waals surface area contributed by atoms with Gasteiger partial charge in [-0.15, -0.1) is 0 Å². The van der Waals surface area contributed by atoms with E-state index in [0.29, 0.717) is 34.0 Å². The smallest absolute Gasteiger partial charge is 0.347 e. The first kappa shape index (κ1) is 21.9. The van der Waals surface area contributed by atoms with Crippen LogP contribution in [0.25, 0.3) is 16.8 Å². The predicted octanol–water partition coefficient (Wildman–Crippen LogP) is 6.17. The number of hydrogen-bond donors (Lipinski definition) is 1. The van der Waals surface area contributed by atoms with Crippen LogP contribution in [0.2, 0.25) is 5.02 Å². The lowest BCUT2D eigenvalue weighted by Gasteiger charge is -2.13. The van der Waals surface area contributed by atoms with Crippen LogP contribution < -0.4 is 5.32 Å². The lowest BCUT2D eigenvalue weighted by molar-refractivity contribution is -0.137. The molecule has 4 nitrogen and oxygen atoms in total. The molecular weight excluding hydrogens is 439 g/mol. The summed E-state index contributed by atoms with van der Waals surface area (Å²) in [7, 11) is 0. The molecule has 0 atom stereocenters. The van der Waals surface area contributed by atoms with E-state index in [-0.39, 0.29) is 18.0 Å². The third kappa shape index (κ3) is 4.34. The highest BCUT2D eigenvalue weighted by Gasteiger charge is 2.33. The number of pyridine rings is 1. The second kappa shape index (κ2) is 8.67. The Morgan fingerprint density at radius 1 is 1.06 bits per heavy atom. The van der Waals surface area contributed by atoms with Gasteiger partial charge in [-0.1, -0.05) is 61.0 Å².